The number of para-hydroxylation sites is 1. The Morgan fingerprint density at radius 2 is 1.16 bits per heavy atom. The lowest BCUT2D eigenvalue weighted by atomic mass is 9.89. The highest BCUT2D eigenvalue weighted by atomic mass is 15.2. The summed E-state index contributed by atoms with van der Waals surface area (Å²) in [5, 5.41) is 5.08. The molecule has 0 radical (unpaired) electrons. The molecule has 0 amide bonds. The molecule has 9 rings (SSSR count). The van der Waals surface area contributed by atoms with Crippen LogP contribution in [0.3, 0.4) is 0 Å². The summed E-state index contributed by atoms with van der Waals surface area (Å²) in [6.45, 7) is 2.17. The molecule has 0 saturated carbocycles. The van der Waals surface area contributed by atoms with Crippen LogP contribution >= 0.6 is 0 Å². The highest BCUT2D eigenvalue weighted by Crippen LogP contribution is 2.53. The number of nitrogens with zero attached hydrogens (tertiary/aromatic N) is 2. The number of fused-ring (bicyclic) bond motifs is 5. The molecule has 1 aromatic heterocycles. The largest absolute Gasteiger partial charge is 0.309 e. The Morgan fingerprint density at radius 3 is 1.98 bits per heavy atom. The summed E-state index contributed by atoms with van der Waals surface area (Å²) in [4.78, 5) is 2.46. The second-order valence-electron chi connectivity index (χ2n) is 11.5. The van der Waals surface area contributed by atoms with Crippen molar-refractivity contribution in [2.75, 3.05) is 4.90 Å². The third-order valence-electron chi connectivity index (χ3n) is 8.92. The fourth-order valence-electron chi connectivity index (χ4n) is 7.03. The third-order valence-corrected chi connectivity index (χ3v) is 8.92. The fourth-order valence-corrected chi connectivity index (χ4v) is 7.03. The van der Waals surface area contributed by atoms with E-state index >= 15 is 0 Å². The van der Waals surface area contributed by atoms with Crippen molar-refractivity contribution < 1.29 is 0 Å². The number of aryl methyl sites for hydroxylation is 1. The van der Waals surface area contributed by atoms with Gasteiger partial charge in [0, 0.05) is 33.1 Å². The zero-order chi connectivity index (χ0) is 28.5. The molecule has 202 valence electrons. The second-order valence-corrected chi connectivity index (χ2v) is 11.5. The van der Waals surface area contributed by atoms with Crippen molar-refractivity contribution in [1.29, 1.82) is 0 Å². The highest BCUT2D eigenvalue weighted by molar-refractivity contribution is 6.19. The molecular weight excluding hydrogens is 520 g/mol. The zero-order valence-corrected chi connectivity index (χ0v) is 23.8. The van der Waals surface area contributed by atoms with Gasteiger partial charge in [0.25, 0.3) is 0 Å². The van der Waals surface area contributed by atoms with Crippen LogP contribution in [-0.4, -0.2) is 4.57 Å². The van der Waals surface area contributed by atoms with Gasteiger partial charge in [-0.1, -0.05) is 97.1 Å². The number of rotatable bonds is 3. The maximum Gasteiger partial charge on any atom is 0.0562 e. The molecular formula is C41H28N2. The molecule has 2 heteroatoms. The van der Waals surface area contributed by atoms with Crippen molar-refractivity contribution >= 4 is 49.6 Å². The van der Waals surface area contributed by atoms with Crippen LogP contribution in [0.5, 0.6) is 0 Å². The van der Waals surface area contributed by atoms with Gasteiger partial charge in [-0.15, -0.1) is 0 Å². The minimum absolute atomic E-state index is 1.16. The second kappa shape index (κ2) is 9.20. The number of aromatic nitrogens is 1. The highest BCUT2D eigenvalue weighted by Gasteiger charge is 2.28. The van der Waals surface area contributed by atoms with Gasteiger partial charge < -0.3 is 9.47 Å². The van der Waals surface area contributed by atoms with Gasteiger partial charge in [-0.3, -0.25) is 0 Å². The summed E-state index contributed by atoms with van der Waals surface area (Å²) >= 11 is 0. The molecule has 0 aliphatic carbocycles. The first-order chi connectivity index (χ1) is 21.2. The average Bonchev–Trinajstić information content (AvgIpc) is 3.37. The molecule has 0 N–H and O–H groups in total. The van der Waals surface area contributed by atoms with Crippen LogP contribution in [-0.2, 0) is 0 Å². The lowest BCUT2D eigenvalue weighted by Crippen LogP contribution is -2.15. The molecule has 0 unspecified atom stereocenters. The predicted molar refractivity (Wildman–Crippen MR) is 182 cm³/mol. The number of hydrogen-bond acceptors (Lipinski definition) is 1. The van der Waals surface area contributed by atoms with Crippen LogP contribution in [0.15, 0.2) is 152 Å². The Kier molecular flexibility index (Phi) is 5.15. The molecule has 1 aliphatic heterocycles. The first-order valence-corrected chi connectivity index (χ1v) is 14.9. The van der Waals surface area contributed by atoms with Crippen LogP contribution in [0.4, 0.5) is 17.1 Å². The summed E-state index contributed by atoms with van der Waals surface area (Å²) in [5.74, 6) is 0. The molecule has 0 atom stereocenters. The number of benzene rings is 7. The lowest BCUT2D eigenvalue weighted by molar-refractivity contribution is 1.18. The Labute approximate surface area is 250 Å². The number of hydrogen-bond donors (Lipinski definition) is 0. The SMILES string of the molecule is Cc1cccc(N2c3cc4c(cc3-c3cccc5cccc2c35)c2cc(-c3ccccc3)ccc2n4-c2ccccc2)c1. The molecule has 43 heavy (non-hydrogen) atoms. The summed E-state index contributed by atoms with van der Waals surface area (Å²) in [5.41, 5.74) is 13.4. The summed E-state index contributed by atoms with van der Waals surface area (Å²) in [7, 11) is 0. The van der Waals surface area contributed by atoms with Gasteiger partial charge in [-0.25, -0.2) is 0 Å². The van der Waals surface area contributed by atoms with E-state index in [1.54, 1.807) is 0 Å². The van der Waals surface area contributed by atoms with Gasteiger partial charge in [0.1, 0.15) is 0 Å². The Hall–Kier alpha value is -5.60. The van der Waals surface area contributed by atoms with E-state index in [9.17, 15) is 0 Å². The quantitative estimate of drug-likeness (QED) is 0.213. The maximum absolute atomic E-state index is 2.46. The molecule has 0 saturated heterocycles. The van der Waals surface area contributed by atoms with Crippen LogP contribution < -0.4 is 4.90 Å². The van der Waals surface area contributed by atoms with E-state index in [1.807, 2.05) is 0 Å². The minimum atomic E-state index is 1.16. The Bertz CT molecular complexity index is 2340. The number of anilines is 3. The van der Waals surface area contributed by atoms with E-state index < -0.39 is 0 Å². The van der Waals surface area contributed by atoms with Gasteiger partial charge in [-0.2, -0.15) is 0 Å². The van der Waals surface area contributed by atoms with Crippen molar-refractivity contribution in [3.8, 4) is 27.9 Å². The summed E-state index contributed by atoms with van der Waals surface area (Å²) in [6.07, 6.45) is 0. The van der Waals surface area contributed by atoms with Gasteiger partial charge in [-0.05, 0) is 89.2 Å². The van der Waals surface area contributed by atoms with E-state index in [0.717, 1.165) is 5.69 Å². The normalized spacial score (nSPS) is 12.3. The van der Waals surface area contributed by atoms with Gasteiger partial charge in [0.05, 0.1) is 22.4 Å². The molecule has 1 aliphatic rings. The lowest BCUT2D eigenvalue weighted by Gasteiger charge is -2.34. The Morgan fingerprint density at radius 1 is 0.442 bits per heavy atom. The van der Waals surface area contributed by atoms with Crippen LogP contribution in [0.25, 0.3) is 60.5 Å². The van der Waals surface area contributed by atoms with E-state index in [-0.39, 0.29) is 0 Å². The van der Waals surface area contributed by atoms with Gasteiger partial charge in [0.15, 0.2) is 0 Å². The van der Waals surface area contributed by atoms with Gasteiger partial charge >= 0.3 is 0 Å². The van der Waals surface area contributed by atoms with E-state index in [1.165, 1.54) is 77.5 Å². The summed E-state index contributed by atoms with van der Waals surface area (Å²) in [6, 6.07) is 55.4. The molecule has 7 aromatic carbocycles. The van der Waals surface area contributed by atoms with Crippen molar-refractivity contribution in [3.05, 3.63) is 157 Å². The Balaban J connectivity index is 1.43. The minimum Gasteiger partial charge on any atom is -0.309 e. The van der Waals surface area contributed by atoms with E-state index in [2.05, 4.69) is 168 Å². The predicted octanol–water partition coefficient (Wildman–Crippen LogP) is 11.4. The maximum atomic E-state index is 2.46. The van der Waals surface area contributed by atoms with E-state index in [0.29, 0.717) is 0 Å². The summed E-state index contributed by atoms with van der Waals surface area (Å²) < 4.78 is 2.43. The van der Waals surface area contributed by atoms with Crippen LogP contribution in [0, 0.1) is 6.92 Å². The van der Waals surface area contributed by atoms with Crippen molar-refractivity contribution in [2.45, 2.75) is 6.92 Å². The van der Waals surface area contributed by atoms with Crippen molar-refractivity contribution in [1.82, 2.24) is 4.57 Å². The first kappa shape index (κ1) is 24.0. The monoisotopic (exact) mass is 548 g/mol. The van der Waals surface area contributed by atoms with Gasteiger partial charge in [0.2, 0.25) is 0 Å². The molecule has 2 nitrogen and oxygen atoms in total. The molecule has 0 fully saturated rings. The zero-order valence-electron chi connectivity index (χ0n) is 23.8. The molecule has 0 spiro atoms. The molecule has 8 aromatic rings. The van der Waals surface area contributed by atoms with Crippen LogP contribution in [0.2, 0.25) is 0 Å². The average molecular weight is 549 g/mol. The molecule has 2 heterocycles. The van der Waals surface area contributed by atoms with E-state index in [4.69, 9.17) is 0 Å². The third kappa shape index (κ3) is 3.60. The standard InChI is InChI=1S/C41H28N2/c1-27-11-8-18-32(23-27)43-38-20-10-15-29-14-9-19-33(41(29)38)35-25-36-34-24-30(28-12-4-2-5-13-28)21-22-37(34)42(40(36)26-39(35)43)31-16-6-3-7-17-31/h2-26H,1H3. The first-order valence-electron chi connectivity index (χ1n) is 14.9. The topological polar surface area (TPSA) is 8.17 Å². The van der Waals surface area contributed by atoms with Crippen molar-refractivity contribution in [2.24, 2.45) is 0 Å². The molecule has 0 bridgehead atoms. The smallest absolute Gasteiger partial charge is 0.0562 e. The van der Waals surface area contributed by atoms with Crippen molar-refractivity contribution in [3.63, 3.8) is 0 Å². The van der Waals surface area contributed by atoms with Crippen LogP contribution in [0.1, 0.15) is 5.56 Å². The fraction of sp³-hybridized carbons (Fsp3) is 0.0244.